The zero-order valence-corrected chi connectivity index (χ0v) is 12.6. The summed E-state index contributed by atoms with van der Waals surface area (Å²) < 4.78 is 27.0. The first-order chi connectivity index (χ1) is 11.2. The third kappa shape index (κ3) is 2.84. The molecule has 23 heavy (non-hydrogen) atoms. The van der Waals surface area contributed by atoms with Gasteiger partial charge in [-0.05, 0) is 37.2 Å². The SMILES string of the molecule is Fc1ccc2nc([C@H]3CCN(Cc4ccccc4F)C3)[nH]c2c1. The van der Waals surface area contributed by atoms with Gasteiger partial charge in [0.05, 0.1) is 11.0 Å². The Morgan fingerprint density at radius 2 is 2.04 bits per heavy atom. The largest absolute Gasteiger partial charge is 0.342 e. The number of nitrogens with zero attached hydrogens (tertiary/aromatic N) is 2. The molecule has 1 aliphatic heterocycles. The first-order valence-electron chi connectivity index (χ1n) is 7.80. The molecule has 1 aromatic heterocycles. The summed E-state index contributed by atoms with van der Waals surface area (Å²) >= 11 is 0. The highest BCUT2D eigenvalue weighted by Gasteiger charge is 2.26. The van der Waals surface area contributed by atoms with E-state index in [1.54, 1.807) is 12.1 Å². The van der Waals surface area contributed by atoms with Crippen molar-refractivity contribution in [1.29, 1.82) is 0 Å². The molecule has 1 aliphatic rings. The average Bonchev–Trinajstić information content (AvgIpc) is 3.15. The Kier molecular flexibility index (Phi) is 3.58. The molecule has 0 amide bonds. The van der Waals surface area contributed by atoms with E-state index in [9.17, 15) is 8.78 Å². The smallest absolute Gasteiger partial charge is 0.127 e. The van der Waals surface area contributed by atoms with Gasteiger partial charge in [0.2, 0.25) is 0 Å². The molecule has 0 spiro atoms. The minimum atomic E-state index is -0.264. The third-order valence-corrected chi connectivity index (χ3v) is 4.47. The van der Waals surface area contributed by atoms with Crippen LogP contribution in [0.5, 0.6) is 0 Å². The molecule has 0 radical (unpaired) electrons. The molecule has 2 heterocycles. The molecule has 5 heteroatoms. The van der Waals surface area contributed by atoms with Crippen LogP contribution in [0.25, 0.3) is 11.0 Å². The topological polar surface area (TPSA) is 31.9 Å². The van der Waals surface area contributed by atoms with Crippen LogP contribution in [0, 0.1) is 11.6 Å². The highest BCUT2D eigenvalue weighted by Crippen LogP contribution is 2.28. The quantitative estimate of drug-likeness (QED) is 0.797. The maximum Gasteiger partial charge on any atom is 0.127 e. The minimum absolute atomic E-state index is 0.157. The van der Waals surface area contributed by atoms with Gasteiger partial charge in [-0.15, -0.1) is 0 Å². The van der Waals surface area contributed by atoms with Crippen molar-refractivity contribution in [1.82, 2.24) is 14.9 Å². The monoisotopic (exact) mass is 313 g/mol. The molecule has 3 aromatic rings. The van der Waals surface area contributed by atoms with Gasteiger partial charge in [0.15, 0.2) is 0 Å². The van der Waals surface area contributed by atoms with E-state index in [-0.39, 0.29) is 17.6 Å². The summed E-state index contributed by atoms with van der Waals surface area (Å²) in [7, 11) is 0. The van der Waals surface area contributed by atoms with Crippen LogP contribution in [0.1, 0.15) is 23.7 Å². The number of aromatic nitrogens is 2. The van der Waals surface area contributed by atoms with E-state index in [2.05, 4.69) is 14.9 Å². The summed E-state index contributed by atoms with van der Waals surface area (Å²) in [6.45, 7) is 2.35. The molecule has 1 N–H and O–H groups in total. The predicted octanol–water partition coefficient (Wildman–Crippen LogP) is 3.83. The lowest BCUT2D eigenvalue weighted by Crippen LogP contribution is -2.20. The number of fused-ring (bicyclic) bond motifs is 1. The van der Waals surface area contributed by atoms with Crippen molar-refractivity contribution in [2.75, 3.05) is 13.1 Å². The highest BCUT2D eigenvalue weighted by atomic mass is 19.1. The molecule has 1 atom stereocenters. The number of aromatic amines is 1. The van der Waals surface area contributed by atoms with E-state index in [0.29, 0.717) is 6.54 Å². The lowest BCUT2D eigenvalue weighted by molar-refractivity contribution is 0.320. The number of rotatable bonds is 3. The Balaban J connectivity index is 1.50. The van der Waals surface area contributed by atoms with Crippen LogP contribution in [-0.4, -0.2) is 28.0 Å². The van der Waals surface area contributed by atoms with Crippen LogP contribution in [0.15, 0.2) is 42.5 Å². The second-order valence-electron chi connectivity index (χ2n) is 6.10. The Hall–Kier alpha value is -2.27. The van der Waals surface area contributed by atoms with E-state index in [1.165, 1.54) is 18.2 Å². The van der Waals surface area contributed by atoms with E-state index in [1.807, 2.05) is 12.1 Å². The number of hydrogen-bond donors (Lipinski definition) is 1. The van der Waals surface area contributed by atoms with E-state index >= 15 is 0 Å². The van der Waals surface area contributed by atoms with Crippen LogP contribution < -0.4 is 0 Å². The molecule has 0 saturated carbocycles. The Morgan fingerprint density at radius 3 is 2.91 bits per heavy atom. The number of imidazole rings is 1. The number of nitrogens with one attached hydrogen (secondary N) is 1. The molecule has 2 aromatic carbocycles. The molecule has 0 aliphatic carbocycles. The molecular weight excluding hydrogens is 296 g/mol. The van der Waals surface area contributed by atoms with Crippen LogP contribution in [0.2, 0.25) is 0 Å². The Labute approximate surface area is 133 Å². The molecule has 1 fully saturated rings. The lowest BCUT2D eigenvalue weighted by atomic mass is 10.1. The van der Waals surface area contributed by atoms with Gasteiger partial charge in [0.1, 0.15) is 17.5 Å². The summed E-state index contributed by atoms with van der Waals surface area (Å²) in [6, 6.07) is 11.5. The van der Waals surface area contributed by atoms with Crippen LogP contribution in [0.3, 0.4) is 0 Å². The lowest BCUT2D eigenvalue weighted by Gasteiger charge is -2.15. The summed E-state index contributed by atoms with van der Waals surface area (Å²) in [6.07, 6.45) is 0.969. The van der Waals surface area contributed by atoms with Crippen LogP contribution >= 0.6 is 0 Å². The summed E-state index contributed by atoms with van der Waals surface area (Å²) in [5.41, 5.74) is 2.24. The average molecular weight is 313 g/mol. The second kappa shape index (κ2) is 5.74. The van der Waals surface area contributed by atoms with Gasteiger partial charge in [-0.25, -0.2) is 13.8 Å². The fourth-order valence-corrected chi connectivity index (χ4v) is 3.26. The van der Waals surface area contributed by atoms with Crippen LogP contribution in [-0.2, 0) is 6.54 Å². The Morgan fingerprint density at radius 1 is 1.17 bits per heavy atom. The van der Waals surface area contributed by atoms with Gasteiger partial charge in [-0.3, -0.25) is 4.90 Å². The van der Waals surface area contributed by atoms with Gasteiger partial charge in [-0.2, -0.15) is 0 Å². The fraction of sp³-hybridized carbons (Fsp3) is 0.278. The molecule has 0 unspecified atom stereocenters. The minimum Gasteiger partial charge on any atom is -0.342 e. The van der Waals surface area contributed by atoms with Crippen molar-refractivity contribution in [2.45, 2.75) is 18.9 Å². The van der Waals surface area contributed by atoms with E-state index in [0.717, 1.165) is 41.9 Å². The van der Waals surface area contributed by atoms with Crippen molar-refractivity contribution in [3.63, 3.8) is 0 Å². The fourth-order valence-electron chi connectivity index (χ4n) is 3.26. The van der Waals surface area contributed by atoms with Crippen molar-refractivity contribution >= 4 is 11.0 Å². The van der Waals surface area contributed by atoms with Crippen molar-refractivity contribution in [3.8, 4) is 0 Å². The van der Waals surface area contributed by atoms with Gasteiger partial charge in [0, 0.05) is 24.6 Å². The van der Waals surface area contributed by atoms with Gasteiger partial charge < -0.3 is 4.98 Å². The number of hydrogen-bond acceptors (Lipinski definition) is 2. The summed E-state index contributed by atoms with van der Waals surface area (Å²) in [5, 5.41) is 0. The van der Waals surface area contributed by atoms with Gasteiger partial charge >= 0.3 is 0 Å². The standard InChI is InChI=1S/C18H17F2N3/c19-14-5-6-16-17(9-14)22-18(21-16)13-7-8-23(11-13)10-12-3-1-2-4-15(12)20/h1-6,9,13H,7-8,10-11H2,(H,21,22)/t13-/m0/s1. The maximum atomic E-state index is 13.8. The Bertz CT molecular complexity index is 843. The van der Waals surface area contributed by atoms with Gasteiger partial charge in [-0.1, -0.05) is 18.2 Å². The number of likely N-dealkylation sites (tertiary alicyclic amines) is 1. The maximum absolute atomic E-state index is 13.8. The first kappa shape index (κ1) is 14.3. The van der Waals surface area contributed by atoms with E-state index < -0.39 is 0 Å². The summed E-state index contributed by atoms with van der Waals surface area (Å²) in [4.78, 5) is 10.0. The zero-order valence-electron chi connectivity index (χ0n) is 12.6. The number of H-pyrrole nitrogens is 1. The molecule has 118 valence electrons. The van der Waals surface area contributed by atoms with Crippen LogP contribution in [0.4, 0.5) is 8.78 Å². The predicted molar refractivity (Wildman–Crippen MR) is 85.1 cm³/mol. The molecular formula is C18H17F2N3. The number of benzene rings is 2. The van der Waals surface area contributed by atoms with Crippen molar-refractivity contribution in [3.05, 3.63) is 65.5 Å². The molecule has 1 saturated heterocycles. The zero-order chi connectivity index (χ0) is 15.8. The normalized spacial score (nSPS) is 18.8. The molecule has 0 bridgehead atoms. The van der Waals surface area contributed by atoms with Crippen molar-refractivity contribution in [2.24, 2.45) is 0 Å². The first-order valence-corrected chi connectivity index (χ1v) is 7.80. The molecule has 4 rings (SSSR count). The van der Waals surface area contributed by atoms with Crippen molar-refractivity contribution < 1.29 is 8.78 Å². The number of halogens is 2. The van der Waals surface area contributed by atoms with Gasteiger partial charge in [0.25, 0.3) is 0 Å². The third-order valence-electron chi connectivity index (χ3n) is 4.47. The van der Waals surface area contributed by atoms with E-state index in [4.69, 9.17) is 0 Å². The molecule has 3 nitrogen and oxygen atoms in total. The second-order valence-corrected chi connectivity index (χ2v) is 6.10. The highest BCUT2D eigenvalue weighted by molar-refractivity contribution is 5.75. The summed E-state index contributed by atoms with van der Waals surface area (Å²) in [5.74, 6) is 0.745.